The minimum Gasteiger partial charge on any atom is -0.390 e. The van der Waals surface area contributed by atoms with Crippen LogP contribution in [0.3, 0.4) is 0 Å². The van der Waals surface area contributed by atoms with E-state index in [1.54, 1.807) is 5.38 Å². The van der Waals surface area contributed by atoms with Crippen molar-refractivity contribution in [2.75, 3.05) is 12.4 Å². The molecule has 0 aliphatic heterocycles. The summed E-state index contributed by atoms with van der Waals surface area (Å²) in [5, 5.41) is 25.5. The van der Waals surface area contributed by atoms with Crippen molar-refractivity contribution >= 4 is 49.2 Å². The highest BCUT2D eigenvalue weighted by molar-refractivity contribution is 9.10. The summed E-state index contributed by atoms with van der Waals surface area (Å²) in [6.07, 6.45) is -0.333. The molecule has 36 heavy (non-hydrogen) atoms. The number of nitrogens with one attached hydrogen (secondary N) is 2. The Morgan fingerprint density at radius 2 is 2.11 bits per heavy atom. The average molecular weight is 601 g/mol. The molecule has 0 spiro atoms. The van der Waals surface area contributed by atoms with E-state index in [9.17, 15) is 27.8 Å². The molecule has 10 nitrogen and oxygen atoms in total. The van der Waals surface area contributed by atoms with E-state index in [2.05, 4.69) is 31.2 Å². The van der Waals surface area contributed by atoms with Crippen LogP contribution in [0, 0.1) is 5.82 Å². The van der Waals surface area contributed by atoms with Gasteiger partial charge in [-0.2, -0.15) is 13.1 Å². The van der Waals surface area contributed by atoms with E-state index >= 15 is 0 Å². The molecule has 4 N–H and O–H groups in total. The van der Waals surface area contributed by atoms with E-state index in [-0.39, 0.29) is 34.7 Å². The van der Waals surface area contributed by atoms with Crippen LogP contribution in [0.25, 0.3) is 0 Å². The van der Waals surface area contributed by atoms with Crippen molar-refractivity contribution in [2.45, 2.75) is 37.2 Å². The first-order valence-corrected chi connectivity index (χ1v) is 13.8. The minimum atomic E-state index is -3.98. The summed E-state index contributed by atoms with van der Waals surface area (Å²) in [4.78, 5) is 21.6. The summed E-state index contributed by atoms with van der Waals surface area (Å²) < 4.78 is 45.2. The lowest BCUT2D eigenvalue weighted by atomic mass is 10.0. The topological polar surface area (TPSA) is 151 Å². The van der Waals surface area contributed by atoms with Crippen molar-refractivity contribution in [3.63, 3.8) is 0 Å². The number of aliphatic hydroxyl groups excluding tert-OH is 2. The molecule has 192 valence electrons. The molecule has 1 aliphatic carbocycles. The molecule has 0 amide bonds. The quantitative estimate of drug-likeness (QED) is 0.271. The van der Waals surface area contributed by atoms with Crippen LogP contribution in [0.2, 0.25) is 0 Å². The van der Waals surface area contributed by atoms with Gasteiger partial charge in [-0.1, -0.05) is 15.9 Å². The van der Waals surface area contributed by atoms with Crippen LogP contribution < -0.4 is 10.0 Å². The van der Waals surface area contributed by atoms with Crippen LogP contribution >= 0.6 is 27.3 Å². The van der Waals surface area contributed by atoms with Crippen LogP contribution in [-0.2, 0) is 14.5 Å². The van der Waals surface area contributed by atoms with Gasteiger partial charge in [-0.15, -0.1) is 11.3 Å². The fraction of sp³-hybridized carbons (Fsp3) is 0.318. The Hall–Kier alpha value is -2.33. The van der Waals surface area contributed by atoms with E-state index in [0.29, 0.717) is 10.0 Å². The highest BCUT2D eigenvalue weighted by Gasteiger charge is 2.37. The molecular formula is C22H22BrFN4O6S2. The Balaban J connectivity index is 1.51. The number of aliphatic hydroxyl groups is 2. The van der Waals surface area contributed by atoms with Crippen LogP contribution in [0.15, 0.2) is 46.6 Å². The van der Waals surface area contributed by atoms with Gasteiger partial charge in [0, 0.05) is 29.3 Å². The molecule has 0 unspecified atom stereocenters. The van der Waals surface area contributed by atoms with Crippen molar-refractivity contribution in [3.8, 4) is 0 Å². The zero-order valence-corrected chi connectivity index (χ0v) is 22.0. The van der Waals surface area contributed by atoms with Crippen molar-refractivity contribution in [1.29, 1.82) is 0 Å². The summed E-state index contributed by atoms with van der Waals surface area (Å²) in [6, 6.07) is 5.31. The van der Waals surface area contributed by atoms with Gasteiger partial charge in [0.25, 0.3) is 0 Å². The zero-order valence-electron chi connectivity index (χ0n) is 18.8. The molecular weight excluding hydrogens is 579 g/mol. The lowest BCUT2D eigenvalue weighted by Gasteiger charge is -2.15. The Morgan fingerprint density at radius 1 is 1.33 bits per heavy atom. The van der Waals surface area contributed by atoms with Gasteiger partial charge in [0.1, 0.15) is 30.2 Å². The predicted octanol–water partition coefficient (Wildman–Crippen LogP) is 2.54. The maximum absolute atomic E-state index is 14.2. The number of anilines is 1. The van der Waals surface area contributed by atoms with Gasteiger partial charge < -0.3 is 15.5 Å². The van der Waals surface area contributed by atoms with Crippen LogP contribution in [-0.4, -0.2) is 59.7 Å². The smallest absolute Gasteiger partial charge is 0.335 e. The van der Waals surface area contributed by atoms with Gasteiger partial charge >= 0.3 is 10.3 Å². The second kappa shape index (κ2) is 11.0. The lowest BCUT2D eigenvalue weighted by Crippen LogP contribution is -2.31. The minimum absolute atomic E-state index is 0.0726. The monoisotopic (exact) mass is 600 g/mol. The van der Waals surface area contributed by atoms with Crippen LogP contribution in [0.1, 0.15) is 45.3 Å². The molecule has 1 aliphatic rings. The summed E-state index contributed by atoms with van der Waals surface area (Å²) >= 11 is 4.34. The Morgan fingerprint density at radius 3 is 2.86 bits per heavy atom. The van der Waals surface area contributed by atoms with E-state index < -0.39 is 46.3 Å². The summed E-state index contributed by atoms with van der Waals surface area (Å²) in [7, 11) is -2.78. The Labute approximate surface area is 219 Å². The molecule has 3 aromatic rings. The summed E-state index contributed by atoms with van der Waals surface area (Å²) in [5.41, 5.74) is 0.579. The van der Waals surface area contributed by atoms with Gasteiger partial charge in [0.15, 0.2) is 0 Å². The third kappa shape index (κ3) is 5.96. The molecule has 2 heterocycles. The Kier molecular flexibility index (Phi) is 8.14. The van der Waals surface area contributed by atoms with E-state index in [1.807, 2.05) is 4.72 Å². The number of carbonyl (C=O) groups is 1. The largest absolute Gasteiger partial charge is 0.390 e. The third-order valence-corrected chi connectivity index (χ3v) is 8.12. The van der Waals surface area contributed by atoms with Crippen molar-refractivity contribution < 1.29 is 32.0 Å². The number of hydrogen-bond acceptors (Lipinski definition) is 10. The second-order valence-corrected chi connectivity index (χ2v) is 11.4. The van der Waals surface area contributed by atoms with Crippen molar-refractivity contribution in [1.82, 2.24) is 14.7 Å². The molecule has 4 atom stereocenters. The average Bonchev–Trinajstić information content (AvgIpc) is 3.47. The molecule has 4 rings (SSSR count). The molecule has 0 radical (unpaired) electrons. The number of aromatic nitrogens is 2. The first-order chi connectivity index (χ1) is 17.1. The molecule has 1 fully saturated rings. The zero-order chi connectivity index (χ0) is 26.0. The molecule has 14 heteroatoms. The van der Waals surface area contributed by atoms with Crippen molar-refractivity contribution in [2.24, 2.45) is 0 Å². The first-order valence-electron chi connectivity index (χ1n) is 10.7. The molecule has 1 saturated carbocycles. The summed E-state index contributed by atoms with van der Waals surface area (Å²) in [5.74, 6) is -0.783. The van der Waals surface area contributed by atoms with Gasteiger partial charge in [-0.3, -0.25) is 8.98 Å². The fourth-order valence-corrected chi connectivity index (χ4v) is 5.75. The maximum Gasteiger partial charge on any atom is 0.335 e. The number of nitrogens with zero attached hydrogens (tertiary/aromatic N) is 2. The van der Waals surface area contributed by atoms with Gasteiger partial charge in [-0.25, -0.2) is 14.4 Å². The highest BCUT2D eigenvalue weighted by Crippen LogP contribution is 2.32. The Bertz CT molecular complexity index is 1370. The number of rotatable bonds is 9. The standard InChI is InChI=1S/C22H22BrFN4O6S2/c1-25-36(32,33)34-18-7-13(6-17(18)29)28-22-15(8-26-10-27-22)21(31)19-4-11(9-35-19)20(30)14-5-12(23)2-3-16(14)24/h2-5,8-10,13,17-18,20,25,29-30H,6-7H2,1H3,(H,26,27,28)/t13-,17+,18-,20-/m1/s1. The maximum atomic E-state index is 14.2. The lowest BCUT2D eigenvalue weighted by molar-refractivity contribution is 0.0636. The van der Waals surface area contributed by atoms with E-state index in [1.165, 1.54) is 43.8 Å². The van der Waals surface area contributed by atoms with Gasteiger partial charge in [0.2, 0.25) is 5.78 Å². The number of hydrogen-bond donors (Lipinski definition) is 4. The van der Waals surface area contributed by atoms with E-state index in [0.717, 1.165) is 11.3 Å². The van der Waals surface area contributed by atoms with Crippen molar-refractivity contribution in [3.05, 3.63) is 74.0 Å². The second-order valence-electron chi connectivity index (χ2n) is 8.10. The third-order valence-electron chi connectivity index (χ3n) is 5.68. The summed E-state index contributed by atoms with van der Waals surface area (Å²) in [6.45, 7) is 0. The molecule has 2 aromatic heterocycles. The number of benzene rings is 1. The fourth-order valence-electron chi connectivity index (χ4n) is 3.86. The number of halogens is 2. The SMILES string of the molecule is CNS(=O)(=O)O[C@@H]1C[C@H](Nc2ncncc2C(=O)c2cc([C@@H](O)c3cc(Br)ccc3F)cs2)C[C@@H]1O. The van der Waals surface area contributed by atoms with Gasteiger partial charge in [0.05, 0.1) is 16.5 Å². The van der Waals surface area contributed by atoms with Crippen LogP contribution in [0.5, 0.6) is 0 Å². The highest BCUT2D eigenvalue weighted by atomic mass is 79.9. The first kappa shape index (κ1) is 26.7. The molecule has 0 saturated heterocycles. The normalized spacial score (nSPS) is 20.9. The van der Waals surface area contributed by atoms with E-state index in [4.69, 9.17) is 4.18 Å². The number of ketones is 1. The molecule has 1 aromatic carbocycles. The van der Waals surface area contributed by atoms with Crippen LogP contribution in [0.4, 0.5) is 10.2 Å². The number of thiophene rings is 1. The molecule has 0 bridgehead atoms. The van der Waals surface area contributed by atoms with Gasteiger partial charge in [-0.05, 0) is 48.1 Å². The predicted molar refractivity (Wildman–Crippen MR) is 133 cm³/mol. The number of carbonyl (C=O) groups excluding carboxylic acids is 1.